The molecule has 2 aliphatic rings. The minimum Gasteiger partial charge on any atom is -0.633 e. The van der Waals surface area contributed by atoms with Crippen molar-refractivity contribution in [2.45, 2.75) is 16.2 Å². The number of hydroxylamine groups is 6. The molecule has 0 amide bonds. The van der Waals surface area contributed by atoms with Crippen molar-refractivity contribution in [3.8, 4) is 0 Å². The quantitative estimate of drug-likeness (QED) is 0.456. The second kappa shape index (κ2) is 9.41. The van der Waals surface area contributed by atoms with E-state index in [1.807, 2.05) is 4.90 Å². The lowest BCUT2D eigenvalue weighted by molar-refractivity contribution is -0.980. The Kier molecular flexibility index (Phi) is 7.94. The highest BCUT2D eigenvalue weighted by Crippen LogP contribution is 2.44. The van der Waals surface area contributed by atoms with Gasteiger partial charge in [-0.3, -0.25) is 0 Å². The molecule has 0 aliphatic carbocycles. The van der Waals surface area contributed by atoms with Crippen molar-refractivity contribution in [3.05, 3.63) is 57.9 Å². The fourth-order valence-corrected chi connectivity index (χ4v) is 5.88. The van der Waals surface area contributed by atoms with Crippen LogP contribution in [0.5, 0.6) is 0 Å². The molecule has 11 heteroatoms. The minimum atomic E-state index is -3.62. The Balaban J connectivity index is 0.00000171. The fraction of sp³-hybridized carbons (Fsp3) is 0.400. The molecule has 0 saturated carbocycles. The highest BCUT2D eigenvalue weighted by Gasteiger charge is 2.35. The lowest BCUT2D eigenvalue weighted by Crippen LogP contribution is -2.61. The van der Waals surface area contributed by atoms with Gasteiger partial charge in [0, 0.05) is 18.0 Å². The summed E-state index contributed by atoms with van der Waals surface area (Å²) in [6.07, 6.45) is 0.576. The summed E-state index contributed by atoms with van der Waals surface area (Å²) in [4.78, 5) is 2.42. The van der Waals surface area contributed by atoms with Gasteiger partial charge < -0.3 is 24.6 Å². The van der Waals surface area contributed by atoms with Crippen LogP contribution in [0.15, 0.2) is 52.3 Å². The van der Waals surface area contributed by atoms with Gasteiger partial charge in [-0.25, -0.2) is 8.42 Å². The number of likely N-dealkylation sites (N-methyl/N-ethyl adjacent to an activating group) is 1. The van der Waals surface area contributed by atoms with Gasteiger partial charge in [0.25, 0.3) is 0 Å². The molecule has 172 valence electrons. The molecule has 7 nitrogen and oxygen atoms in total. The van der Waals surface area contributed by atoms with Gasteiger partial charge in [0.1, 0.15) is 26.2 Å². The smallest absolute Gasteiger partial charge is 0.210 e. The van der Waals surface area contributed by atoms with Gasteiger partial charge in [0.2, 0.25) is 9.84 Å². The predicted octanol–water partition coefficient (Wildman–Crippen LogP) is 4.13. The molecule has 0 unspecified atom stereocenters. The predicted molar refractivity (Wildman–Crippen MR) is 127 cm³/mol. The summed E-state index contributed by atoms with van der Waals surface area (Å²) in [6.45, 7) is 2.16. The van der Waals surface area contributed by atoms with Crippen LogP contribution in [-0.4, -0.2) is 64.0 Å². The zero-order chi connectivity index (χ0) is 20.9. The van der Waals surface area contributed by atoms with E-state index < -0.39 is 9.84 Å². The van der Waals surface area contributed by atoms with Gasteiger partial charge in [-0.2, -0.15) is 0 Å². The summed E-state index contributed by atoms with van der Waals surface area (Å²) in [5, 5.41) is 25.4. The molecule has 0 radical (unpaired) electrons. The van der Waals surface area contributed by atoms with Gasteiger partial charge in [-0.15, -0.1) is 24.8 Å². The molecule has 0 N–H and O–H groups in total. The number of rotatable bonds is 4. The zero-order valence-electron chi connectivity index (χ0n) is 17.1. The first kappa shape index (κ1) is 26.2. The Hall–Kier alpha value is -1.10. The average Bonchev–Trinajstić information content (AvgIpc) is 2.67. The summed E-state index contributed by atoms with van der Waals surface area (Å²) in [5.74, 6) is 0. The monoisotopic (exact) mass is 509 g/mol. The van der Waals surface area contributed by atoms with E-state index in [0.717, 1.165) is 0 Å². The molecule has 31 heavy (non-hydrogen) atoms. The van der Waals surface area contributed by atoms with Crippen molar-refractivity contribution in [3.63, 3.8) is 0 Å². The van der Waals surface area contributed by atoms with Crippen LogP contribution in [-0.2, 0) is 9.84 Å². The first-order valence-electron chi connectivity index (χ1n) is 9.65. The number of benzene rings is 2. The number of fused-ring (bicyclic) bond motifs is 2. The molecular formula is C20H26Cl3N3O4S. The van der Waals surface area contributed by atoms with Crippen LogP contribution in [0.3, 0.4) is 0 Å². The molecular weight excluding hydrogens is 485 g/mol. The standard InChI is InChI=1S/C20H24ClN3O4S.2ClH/c1-23(25)11-13-24(26,14-12-23)10-4-9-22-17-5-2-3-6-19(17)29(27,28)20-8-7-16(21)15-18(20)22;;/h2-3,5-8,15H,4,9-14H2,1H3;2*1H. The number of halogens is 3. The lowest BCUT2D eigenvalue weighted by Gasteiger charge is -2.52. The maximum absolute atomic E-state index is 13.0. The van der Waals surface area contributed by atoms with Crippen LogP contribution in [0.4, 0.5) is 11.4 Å². The third-order valence-corrected chi connectivity index (χ3v) is 7.94. The summed E-state index contributed by atoms with van der Waals surface area (Å²) in [6, 6.07) is 11.7. The summed E-state index contributed by atoms with van der Waals surface area (Å²) < 4.78 is 25.3. The molecule has 1 fully saturated rings. The second-order valence-electron chi connectivity index (χ2n) is 8.06. The first-order valence-corrected chi connectivity index (χ1v) is 11.5. The van der Waals surface area contributed by atoms with Crippen LogP contribution in [0.2, 0.25) is 5.02 Å². The fourth-order valence-electron chi connectivity index (χ4n) is 4.08. The molecule has 2 heterocycles. The van der Waals surface area contributed by atoms with E-state index in [9.17, 15) is 18.8 Å². The third kappa shape index (κ3) is 5.12. The van der Waals surface area contributed by atoms with Crippen LogP contribution in [0.1, 0.15) is 6.42 Å². The van der Waals surface area contributed by atoms with E-state index in [-0.39, 0.29) is 43.9 Å². The minimum absolute atomic E-state index is 0. The molecule has 0 aromatic heterocycles. The number of para-hydroxylation sites is 1. The van der Waals surface area contributed by atoms with Crippen molar-refractivity contribution >= 4 is 57.6 Å². The third-order valence-electron chi connectivity index (χ3n) is 5.86. The average molecular weight is 511 g/mol. The van der Waals surface area contributed by atoms with Gasteiger partial charge in [0.15, 0.2) is 0 Å². The molecule has 2 aliphatic heterocycles. The number of sulfone groups is 1. The molecule has 2 aromatic rings. The highest BCUT2D eigenvalue weighted by molar-refractivity contribution is 7.92. The maximum atomic E-state index is 13.0. The van der Waals surface area contributed by atoms with E-state index >= 15 is 0 Å². The van der Waals surface area contributed by atoms with Crippen LogP contribution in [0.25, 0.3) is 0 Å². The Morgan fingerprint density at radius 3 is 2.26 bits per heavy atom. The first-order chi connectivity index (χ1) is 13.6. The number of quaternary nitrogens is 2. The lowest BCUT2D eigenvalue weighted by atomic mass is 10.2. The normalized spacial score (nSPS) is 26.1. The van der Waals surface area contributed by atoms with Crippen LogP contribution < -0.4 is 4.90 Å². The number of anilines is 2. The Morgan fingerprint density at radius 1 is 0.968 bits per heavy atom. The van der Waals surface area contributed by atoms with Crippen molar-refractivity contribution in [2.24, 2.45) is 0 Å². The largest absolute Gasteiger partial charge is 0.633 e. The molecule has 0 atom stereocenters. The Bertz CT molecular complexity index is 1040. The van der Waals surface area contributed by atoms with E-state index in [4.69, 9.17) is 11.6 Å². The SMILES string of the molecule is C[N+]1([O-])CC[N+]([O-])(CCCN2c3ccccc3S(=O)(=O)c3ccc(Cl)cc32)CC1.Cl.Cl. The van der Waals surface area contributed by atoms with Crippen molar-refractivity contribution in [1.29, 1.82) is 0 Å². The van der Waals surface area contributed by atoms with E-state index in [0.29, 0.717) is 62.1 Å². The molecule has 0 spiro atoms. The van der Waals surface area contributed by atoms with Gasteiger partial charge in [0.05, 0.1) is 34.8 Å². The zero-order valence-corrected chi connectivity index (χ0v) is 20.3. The van der Waals surface area contributed by atoms with Crippen molar-refractivity contribution in [1.82, 2.24) is 0 Å². The molecule has 2 aromatic carbocycles. The highest BCUT2D eigenvalue weighted by atomic mass is 35.5. The van der Waals surface area contributed by atoms with E-state index in [2.05, 4.69) is 0 Å². The van der Waals surface area contributed by atoms with Crippen molar-refractivity contribution < 1.29 is 17.7 Å². The Labute approximate surface area is 200 Å². The number of hydrogen-bond acceptors (Lipinski definition) is 5. The molecule has 1 saturated heterocycles. The molecule has 0 bridgehead atoms. The van der Waals surface area contributed by atoms with Gasteiger partial charge in [-0.1, -0.05) is 23.7 Å². The summed E-state index contributed by atoms with van der Waals surface area (Å²) in [5.41, 5.74) is 1.14. The summed E-state index contributed by atoms with van der Waals surface area (Å²) in [7, 11) is -2.02. The topological polar surface area (TPSA) is 83.5 Å². The van der Waals surface area contributed by atoms with Crippen LogP contribution in [0, 0.1) is 10.4 Å². The number of piperazine rings is 1. The van der Waals surface area contributed by atoms with E-state index in [1.54, 1.807) is 43.4 Å². The number of hydrogen-bond donors (Lipinski definition) is 0. The summed E-state index contributed by atoms with van der Waals surface area (Å²) >= 11 is 6.16. The Morgan fingerprint density at radius 2 is 1.58 bits per heavy atom. The van der Waals surface area contributed by atoms with Gasteiger partial charge in [-0.05, 0) is 30.3 Å². The van der Waals surface area contributed by atoms with E-state index in [1.165, 1.54) is 6.07 Å². The second-order valence-corrected chi connectivity index (χ2v) is 10.4. The number of nitrogens with zero attached hydrogens (tertiary/aromatic N) is 3. The maximum Gasteiger partial charge on any atom is 0.210 e. The van der Waals surface area contributed by atoms with Gasteiger partial charge >= 0.3 is 0 Å². The molecule has 4 rings (SSSR count). The van der Waals surface area contributed by atoms with Crippen LogP contribution >= 0.6 is 36.4 Å². The van der Waals surface area contributed by atoms with Crippen molar-refractivity contribution in [2.75, 3.05) is 51.2 Å².